The van der Waals surface area contributed by atoms with Crippen molar-refractivity contribution in [2.75, 3.05) is 0 Å². The van der Waals surface area contributed by atoms with Crippen LogP contribution in [0.15, 0.2) is 14.7 Å². The summed E-state index contributed by atoms with van der Waals surface area (Å²) in [5.74, 6) is 0.909. The van der Waals surface area contributed by atoms with Crippen molar-refractivity contribution in [2.45, 2.75) is 10.9 Å². The summed E-state index contributed by atoms with van der Waals surface area (Å²) in [5, 5.41) is 14.8. The lowest BCUT2D eigenvalue weighted by molar-refractivity contribution is 0.705. The molecule has 0 amide bonds. The van der Waals surface area contributed by atoms with Gasteiger partial charge in [0, 0.05) is 32.7 Å². The summed E-state index contributed by atoms with van der Waals surface area (Å²) >= 11 is 1.34. The molecule has 0 saturated carbocycles. The molecule has 0 bridgehead atoms. The summed E-state index contributed by atoms with van der Waals surface area (Å²) in [5.41, 5.74) is -0.0488. The van der Waals surface area contributed by atoms with Gasteiger partial charge < -0.3 is 9.67 Å². The third kappa shape index (κ3) is 2.05. The van der Waals surface area contributed by atoms with Gasteiger partial charge in [-0.15, -0.1) is 0 Å². The summed E-state index contributed by atoms with van der Waals surface area (Å²) in [6.07, 6.45) is 0. The molecule has 0 fully saturated rings. The highest BCUT2D eigenvalue weighted by Gasteiger charge is 2.16. The van der Waals surface area contributed by atoms with Crippen LogP contribution in [0.5, 0.6) is 0 Å². The predicted molar refractivity (Wildman–Crippen MR) is 73.9 cm³/mol. The van der Waals surface area contributed by atoms with Crippen LogP contribution >= 0.6 is 11.8 Å². The highest BCUT2D eigenvalue weighted by Crippen LogP contribution is 2.22. The van der Waals surface area contributed by atoms with Gasteiger partial charge in [-0.3, -0.25) is 24.2 Å². The molecule has 0 aliphatic carbocycles. The van der Waals surface area contributed by atoms with Crippen molar-refractivity contribution in [3.63, 3.8) is 0 Å². The maximum Gasteiger partial charge on any atom is 0.332 e. The van der Waals surface area contributed by atoms with Gasteiger partial charge in [-0.1, -0.05) is 11.8 Å². The van der Waals surface area contributed by atoms with E-state index in [1.54, 1.807) is 18.7 Å². The lowest BCUT2D eigenvalue weighted by Crippen LogP contribution is -2.37. The maximum atomic E-state index is 12.2. The van der Waals surface area contributed by atoms with Crippen LogP contribution in [0.2, 0.25) is 0 Å². The van der Waals surface area contributed by atoms with E-state index in [1.165, 1.54) is 23.4 Å². The van der Waals surface area contributed by atoms with Crippen LogP contribution in [0.4, 0.5) is 0 Å². The topological polar surface area (TPSA) is 115 Å². The molecule has 0 N–H and O–H groups in total. The first-order chi connectivity index (χ1) is 10.0. The second-order valence-corrected chi connectivity index (χ2v) is 5.36. The number of tetrazole rings is 1. The molecule has 0 radical (unpaired) electrons. The fourth-order valence-electron chi connectivity index (χ4n) is 1.98. The zero-order valence-corrected chi connectivity index (χ0v) is 12.3. The van der Waals surface area contributed by atoms with Gasteiger partial charge in [-0.2, -0.15) is 5.21 Å². The Morgan fingerprint density at radius 1 is 1.14 bits per heavy atom. The quantitative estimate of drug-likeness (QED) is 0.532. The normalized spacial score (nSPS) is 11.4. The second kappa shape index (κ2) is 4.84. The molecule has 10 nitrogen and oxygen atoms in total. The Morgan fingerprint density at radius 2 is 1.90 bits per heavy atom. The monoisotopic (exact) mass is 307 g/mol. The summed E-state index contributed by atoms with van der Waals surface area (Å²) in [4.78, 5) is 28.5. The smallest absolute Gasteiger partial charge is 0.332 e. The van der Waals surface area contributed by atoms with Crippen molar-refractivity contribution in [3.8, 4) is 0 Å². The first kappa shape index (κ1) is 13.5. The summed E-state index contributed by atoms with van der Waals surface area (Å²) in [6, 6.07) is 0. The number of hydrogen-bond donors (Lipinski definition) is 0. The second-order valence-electron chi connectivity index (χ2n) is 4.42. The third-order valence-corrected chi connectivity index (χ3v) is 4.15. The fourth-order valence-corrected chi connectivity index (χ4v) is 2.79. The van der Waals surface area contributed by atoms with E-state index in [2.05, 4.69) is 25.6 Å². The van der Waals surface area contributed by atoms with Crippen molar-refractivity contribution < 1.29 is 0 Å². The molecule has 3 aromatic rings. The van der Waals surface area contributed by atoms with E-state index >= 15 is 0 Å². The largest absolute Gasteiger partial charge is 0.335 e. The number of fused-ring (bicyclic) bond motifs is 1. The van der Waals surface area contributed by atoms with Crippen molar-refractivity contribution >= 4 is 22.9 Å². The Kier molecular flexibility index (Phi) is 3.12. The Labute approximate surface area is 121 Å². The number of hydrogen-bond acceptors (Lipinski definition) is 7. The number of aromatic nitrogens is 8. The van der Waals surface area contributed by atoms with Crippen LogP contribution in [0.25, 0.3) is 11.2 Å². The van der Waals surface area contributed by atoms with Crippen molar-refractivity contribution in [3.05, 3.63) is 26.7 Å². The van der Waals surface area contributed by atoms with Crippen LogP contribution in [-0.4, -0.2) is 34.2 Å². The van der Waals surface area contributed by atoms with E-state index in [0.29, 0.717) is 27.9 Å². The number of nitrogens with zero attached hydrogens (tertiary/aromatic N) is 8. The van der Waals surface area contributed by atoms with Crippen LogP contribution in [0.1, 0.15) is 5.82 Å². The molecule has 0 spiro atoms. The Bertz CT molecular complexity index is 919. The number of rotatable bonds is 3. The molecular weight excluding hydrogens is 296 g/mol. The van der Waals surface area contributed by atoms with Crippen molar-refractivity contribution in [2.24, 2.45) is 21.1 Å². The molecule has 11 heteroatoms. The molecule has 110 valence electrons. The molecule has 3 heterocycles. The number of thioether (sulfide) groups is 1. The lowest BCUT2D eigenvalue weighted by Gasteiger charge is -2.03. The maximum absolute atomic E-state index is 12.2. The lowest BCUT2D eigenvalue weighted by atomic mass is 10.5. The summed E-state index contributed by atoms with van der Waals surface area (Å²) < 4.78 is 4.07. The fraction of sp³-hybridized carbons (Fsp3) is 0.400. The van der Waals surface area contributed by atoms with Gasteiger partial charge in [0.15, 0.2) is 16.3 Å². The summed E-state index contributed by atoms with van der Waals surface area (Å²) in [7, 11) is 4.75. The molecule has 0 unspecified atom stereocenters. The first-order valence-corrected chi connectivity index (χ1v) is 6.92. The predicted octanol–water partition coefficient (Wildman–Crippen LogP) is -1.59. The molecular formula is C10H11N8O2S-. The molecule has 0 aliphatic rings. The molecule has 3 aromatic heterocycles. The minimum atomic E-state index is -0.407. The third-order valence-electron chi connectivity index (χ3n) is 3.13. The Morgan fingerprint density at radius 3 is 2.57 bits per heavy atom. The SMILES string of the molecule is Cn1c(=O)c2c(nc(SCc3nnn[n-]3)n2C)n(C)c1=O. The summed E-state index contributed by atoms with van der Waals surface area (Å²) in [6.45, 7) is 0. The first-order valence-electron chi connectivity index (χ1n) is 5.93. The van der Waals surface area contributed by atoms with Gasteiger partial charge in [-0.25, -0.2) is 9.78 Å². The molecule has 0 atom stereocenters. The van der Waals surface area contributed by atoms with E-state index in [-0.39, 0.29) is 5.56 Å². The van der Waals surface area contributed by atoms with Gasteiger partial charge in [0.05, 0.1) is 0 Å². The van der Waals surface area contributed by atoms with Gasteiger partial charge in [-0.05, 0) is 0 Å². The van der Waals surface area contributed by atoms with E-state index in [1.807, 2.05) is 0 Å². The van der Waals surface area contributed by atoms with Crippen molar-refractivity contribution in [1.82, 2.24) is 39.3 Å². The average Bonchev–Trinajstić information content (AvgIpc) is 3.09. The highest BCUT2D eigenvalue weighted by atomic mass is 32.2. The van der Waals surface area contributed by atoms with Crippen LogP contribution < -0.4 is 16.3 Å². The zero-order valence-electron chi connectivity index (χ0n) is 11.5. The van der Waals surface area contributed by atoms with E-state index in [0.717, 1.165) is 4.57 Å². The van der Waals surface area contributed by atoms with Gasteiger partial charge in [0.1, 0.15) is 0 Å². The van der Waals surface area contributed by atoms with Gasteiger partial charge in [0.25, 0.3) is 5.56 Å². The highest BCUT2D eigenvalue weighted by molar-refractivity contribution is 7.98. The van der Waals surface area contributed by atoms with Crippen LogP contribution in [0, 0.1) is 0 Å². The number of aryl methyl sites for hydroxylation is 2. The van der Waals surface area contributed by atoms with E-state index < -0.39 is 5.69 Å². The zero-order chi connectivity index (χ0) is 15.1. The molecule has 0 aromatic carbocycles. The van der Waals surface area contributed by atoms with Crippen LogP contribution in [0.3, 0.4) is 0 Å². The number of imidazole rings is 1. The van der Waals surface area contributed by atoms with E-state index in [4.69, 9.17) is 0 Å². The minimum absolute atomic E-state index is 0.354. The van der Waals surface area contributed by atoms with E-state index in [9.17, 15) is 9.59 Å². The Balaban J connectivity index is 2.12. The van der Waals surface area contributed by atoms with Gasteiger partial charge in [0.2, 0.25) is 0 Å². The Hall–Kier alpha value is -2.43. The average molecular weight is 307 g/mol. The minimum Gasteiger partial charge on any atom is -0.335 e. The van der Waals surface area contributed by atoms with Crippen molar-refractivity contribution in [1.29, 1.82) is 0 Å². The molecule has 21 heavy (non-hydrogen) atoms. The molecule has 0 aliphatic heterocycles. The van der Waals surface area contributed by atoms with Gasteiger partial charge >= 0.3 is 5.69 Å². The molecule has 3 rings (SSSR count). The van der Waals surface area contributed by atoms with Crippen LogP contribution in [-0.2, 0) is 26.9 Å². The standard InChI is InChI=1S/C10H11N8O2S/c1-16-6-7(17(2)10(20)18(3)8(6)19)11-9(16)21-4-5-12-14-15-13-5/h4H2,1-3H3/q-1. The molecule has 0 saturated heterocycles.